The van der Waals surface area contributed by atoms with Gasteiger partial charge in [0.05, 0.1) is 6.61 Å². The lowest BCUT2D eigenvalue weighted by atomic mass is 10.2. The molecule has 0 bridgehead atoms. The van der Waals surface area contributed by atoms with E-state index in [2.05, 4.69) is 4.99 Å². The first kappa shape index (κ1) is 19.6. The average Bonchev–Trinajstić information content (AvgIpc) is 2.98. The van der Waals surface area contributed by atoms with Gasteiger partial charge in [-0.1, -0.05) is 29.5 Å². The summed E-state index contributed by atoms with van der Waals surface area (Å²) in [5, 5.41) is 0. The predicted molar refractivity (Wildman–Crippen MR) is 107 cm³/mol. The Morgan fingerprint density at radius 3 is 2.32 bits per heavy atom. The minimum absolute atomic E-state index is 0.294. The second kappa shape index (κ2) is 8.67. The van der Waals surface area contributed by atoms with Gasteiger partial charge in [0.1, 0.15) is 16.4 Å². The van der Waals surface area contributed by atoms with Gasteiger partial charge in [0.2, 0.25) is 0 Å². The molecule has 0 aliphatic carbocycles. The van der Waals surface area contributed by atoms with Crippen LogP contribution in [0.25, 0.3) is 0 Å². The molecule has 0 fully saturated rings. The van der Waals surface area contributed by atoms with Crippen LogP contribution >= 0.6 is 11.3 Å². The van der Waals surface area contributed by atoms with E-state index >= 15 is 0 Å². The van der Waals surface area contributed by atoms with Gasteiger partial charge in [-0.25, -0.2) is 4.79 Å². The summed E-state index contributed by atoms with van der Waals surface area (Å²) >= 11 is 1.14. The number of hydrogen-bond donors (Lipinski definition) is 0. The molecule has 1 aromatic heterocycles. The topological polar surface area (TPSA) is 69.9 Å². The number of nitrogens with zero attached hydrogens (tertiary/aromatic N) is 2. The number of aromatic nitrogens is 1. The van der Waals surface area contributed by atoms with Crippen LogP contribution < -0.4 is 9.54 Å². The molecule has 1 amide bonds. The molecule has 0 saturated heterocycles. The summed E-state index contributed by atoms with van der Waals surface area (Å²) in [5.74, 6) is 0.555. The van der Waals surface area contributed by atoms with Crippen molar-refractivity contribution in [3.63, 3.8) is 0 Å². The Morgan fingerprint density at radius 2 is 1.68 bits per heavy atom. The number of thiazole rings is 1. The summed E-state index contributed by atoms with van der Waals surface area (Å²) < 4.78 is 12.5. The number of carbonyl (C=O) groups excluding carboxylic acids is 2. The summed E-state index contributed by atoms with van der Waals surface area (Å²) in [7, 11) is 1.76. The number of ether oxygens (including phenoxy) is 2. The number of esters is 1. The molecular weight excluding hydrogens is 376 g/mol. The van der Waals surface area contributed by atoms with Gasteiger partial charge in [-0.3, -0.25) is 4.79 Å². The van der Waals surface area contributed by atoms with Crippen molar-refractivity contribution >= 4 is 23.2 Å². The Balaban J connectivity index is 1.81. The smallest absolute Gasteiger partial charge is 0.350 e. The van der Waals surface area contributed by atoms with Crippen molar-refractivity contribution in [2.45, 2.75) is 13.8 Å². The normalized spacial score (nSPS) is 11.3. The highest BCUT2D eigenvalue weighted by Crippen LogP contribution is 2.21. The molecular formula is C21H20N2O4S. The Morgan fingerprint density at radius 1 is 1.04 bits per heavy atom. The molecule has 144 valence electrons. The highest BCUT2D eigenvalue weighted by Gasteiger charge is 2.16. The third-order valence-corrected chi connectivity index (χ3v) is 5.26. The molecule has 0 N–H and O–H groups in total. The molecule has 28 heavy (non-hydrogen) atoms. The van der Waals surface area contributed by atoms with Crippen LogP contribution in [0.4, 0.5) is 0 Å². The lowest BCUT2D eigenvalue weighted by Gasteiger charge is -2.05. The fourth-order valence-corrected chi connectivity index (χ4v) is 3.47. The Hall–Kier alpha value is -3.19. The van der Waals surface area contributed by atoms with Gasteiger partial charge >= 0.3 is 5.97 Å². The van der Waals surface area contributed by atoms with Gasteiger partial charge in [0, 0.05) is 18.3 Å². The Kier molecular flexibility index (Phi) is 6.06. The summed E-state index contributed by atoms with van der Waals surface area (Å²) in [6.07, 6.45) is 0. The largest absolute Gasteiger partial charge is 0.462 e. The maximum atomic E-state index is 12.5. The van der Waals surface area contributed by atoms with Gasteiger partial charge in [0.25, 0.3) is 5.91 Å². The minimum Gasteiger partial charge on any atom is -0.462 e. The van der Waals surface area contributed by atoms with E-state index in [1.807, 2.05) is 30.3 Å². The molecule has 0 unspecified atom stereocenters. The van der Waals surface area contributed by atoms with E-state index in [0.29, 0.717) is 33.3 Å². The Bertz CT molecular complexity index is 1050. The molecule has 0 atom stereocenters. The monoisotopic (exact) mass is 396 g/mol. The van der Waals surface area contributed by atoms with Gasteiger partial charge in [0.15, 0.2) is 4.80 Å². The molecule has 3 aromatic rings. The van der Waals surface area contributed by atoms with Gasteiger partial charge in [-0.05, 0) is 50.2 Å². The van der Waals surface area contributed by atoms with E-state index in [1.165, 1.54) is 0 Å². The van der Waals surface area contributed by atoms with Gasteiger partial charge in [-0.15, -0.1) is 0 Å². The van der Waals surface area contributed by atoms with Crippen molar-refractivity contribution in [3.05, 3.63) is 75.5 Å². The summed E-state index contributed by atoms with van der Waals surface area (Å²) in [6.45, 7) is 3.84. The van der Waals surface area contributed by atoms with E-state index < -0.39 is 11.9 Å². The van der Waals surface area contributed by atoms with Crippen LogP contribution in [0, 0.1) is 6.92 Å². The van der Waals surface area contributed by atoms with Crippen molar-refractivity contribution in [1.29, 1.82) is 0 Å². The SMILES string of the molecule is CCOC(=O)c1sc(=NC(=O)c2ccc(Oc3ccccc3)cc2)n(C)c1C. The number of amides is 1. The van der Waals surface area contributed by atoms with E-state index in [1.54, 1.807) is 49.7 Å². The van der Waals surface area contributed by atoms with E-state index in [9.17, 15) is 9.59 Å². The minimum atomic E-state index is -0.406. The molecule has 1 heterocycles. The molecule has 0 saturated carbocycles. The van der Waals surface area contributed by atoms with Gasteiger partial charge in [-0.2, -0.15) is 4.99 Å². The highest BCUT2D eigenvalue weighted by molar-refractivity contribution is 7.11. The molecule has 7 heteroatoms. The van der Waals surface area contributed by atoms with Crippen molar-refractivity contribution < 1.29 is 19.1 Å². The zero-order valence-electron chi connectivity index (χ0n) is 15.8. The number of para-hydroxylation sites is 1. The first-order valence-corrected chi connectivity index (χ1v) is 9.56. The highest BCUT2D eigenvalue weighted by atomic mass is 32.1. The average molecular weight is 396 g/mol. The number of benzene rings is 2. The van der Waals surface area contributed by atoms with E-state index in [0.717, 1.165) is 17.1 Å². The van der Waals surface area contributed by atoms with E-state index in [4.69, 9.17) is 9.47 Å². The summed E-state index contributed by atoms with van der Waals surface area (Å²) in [5.41, 5.74) is 1.14. The number of hydrogen-bond acceptors (Lipinski definition) is 5. The van der Waals surface area contributed by atoms with Crippen LogP contribution in [0.3, 0.4) is 0 Å². The van der Waals surface area contributed by atoms with Crippen LogP contribution in [-0.4, -0.2) is 23.1 Å². The lowest BCUT2D eigenvalue weighted by molar-refractivity contribution is 0.0530. The Labute approximate surface area is 166 Å². The van der Waals surface area contributed by atoms with Crippen molar-refractivity contribution in [1.82, 2.24) is 4.57 Å². The first-order valence-electron chi connectivity index (χ1n) is 8.75. The van der Waals surface area contributed by atoms with Crippen LogP contribution in [0.15, 0.2) is 59.6 Å². The molecule has 0 spiro atoms. The number of rotatable bonds is 5. The fraction of sp³-hybridized carbons (Fsp3) is 0.190. The van der Waals surface area contributed by atoms with Crippen molar-refractivity contribution in [2.75, 3.05) is 6.61 Å². The summed E-state index contributed by atoms with van der Waals surface area (Å²) in [4.78, 5) is 29.6. The standard InChI is InChI=1S/C21H20N2O4S/c1-4-26-20(25)18-14(2)23(3)21(28-18)22-19(24)15-10-12-17(13-11-15)27-16-8-6-5-7-9-16/h5-13H,4H2,1-3H3. The maximum absolute atomic E-state index is 12.5. The van der Waals surface area contributed by atoms with Crippen molar-refractivity contribution in [2.24, 2.45) is 12.0 Å². The van der Waals surface area contributed by atoms with Crippen LogP contribution in [0.5, 0.6) is 11.5 Å². The molecule has 0 radical (unpaired) electrons. The third-order valence-electron chi connectivity index (χ3n) is 4.05. The molecule has 6 nitrogen and oxygen atoms in total. The molecule has 2 aromatic carbocycles. The fourth-order valence-electron chi connectivity index (χ4n) is 2.45. The first-order chi connectivity index (χ1) is 13.5. The molecule has 0 aliphatic heterocycles. The second-order valence-corrected chi connectivity index (χ2v) is 6.91. The third kappa shape index (κ3) is 4.37. The second-order valence-electron chi connectivity index (χ2n) is 5.94. The molecule has 0 aliphatic rings. The predicted octanol–water partition coefficient (Wildman–Crippen LogP) is 4.11. The summed E-state index contributed by atoms with van der Waals surface area (Å²) in [6, 6.07) is 16.2. The zero-order valence-corrected chi connectivity index (χ0v) is 16.7. The molecule has 3 rings (SSSR count). The number of carbonyl (C=O) groups is 2. The van der Waals surface area contributed by atoms with Crippen LogP contribution in [-0.2, 0) is 11.8 Å². The van der Waals surface area contributed by atoms with Crippen LogP contribution in [0.1, 0.15) is 32.6 Å². The lowest BCUT2D eigenvalue weighted by Crippen LogP contribution is -2.14. The maximum Gasteiger partial charge on any atom is 0.350 e. The zero-order chi connectivity index (χ0) is 20.1. The quantitative estimate of drug-likeness (QED) is 0.609. The van der Waals surface area contributed by atoms with Crippen LogP contribution in [0.2, 0.25) is 0 Å². The van der Waals surface area contributed by atoms with Gasteiger partial charge < -0.3 is 14.0 Å². The van der Waals surface area contributed by atoms with Crippen molar-refractivity contribution in [3.8, 4) is 11.5 Å². The van der Waals surface area contributed by atoms with E-state index in [-0.39, 0.29) is 0 Å².